The van der Waals surface area contributed by atoms with Gasteiger partial charge in [-0.3, -0.25) is 19.5 Å². The van der Waals surface area contributed by atoms with Crippen LogP contribution < -0.4 is 5.32 Å². The van der Waals surface area contributed by atoms with Gasteiger partial charge in [0, 0.05) is 42.7 Å². The molecule has 1 aliphatic rings. The Bertz CT molecular complexity index is 739. The summed E-state index contributed by atoms with van der Waals surface area (Å²) in [5.74, 6) is -0.140. The Morgan fingerprint density at radius 1 is 1.14 bits per heavy atom. The summed E-state index contributed by atoms with van der Waals surface area (Å²) in [6, 6.07) is 7.97. The maximum Gasteiger partial charge on any atom is 0.229 e. The van der Waals surface area contributed by atoms with Crippen molar-refractivity contribution < 1.29 is 9.59 Å². The van der Waals surface area contributed by atoms with Crippen molar-refractivity contribution in [1.29, 1.82) is 0 Å². The average Bonchev–Trinajstić information content (AvgIpc) is 2.82. The first-order valence-electron chi connectivity index (χ1n) is 7.51. The number of nitrogens with one attached hydrogen (secondary N) is 1. The van der Waals surface area contributed by atoms with Gasteiger partial charge in [0.2, 0.25) is 11.8 Å². The fourth-order valence-electron chi connectivity index (χ4n) is 2.82. The van der Waals surface area contributed by atoms with E-state index in [1.807, 2.05) is 38.1 Å². The molecule has 2 amide bonds. The second-order valence-electron chi connectivity index (χ2n) is 5.58. The van der Waals surface area contributed by atoms with Crippen molar-refractivity contribution in [3.8, 4) is 0 Å². The second-order valence-corrected chi connectivity index (χ2v) is 5.58. The molecule has 5 nitrogen and oxygen atoms in total. The zero-order chi connectivity index (χ0) is 15.7. The number of aryl methyl sites for hydroxylation is 1. The Labute approximate surface area is 129 Å². The number of para-hydroxylation sites is 1. The number of anilines is 1. The number of carbonyl (C=O) groups is 2. The number of pyridine rings is 1. The van der Waals surface area contributed by atoms with Crippen molar-refractivity contribution in [3.05, 3.63) is 35.5 Å². The van der Waals surface area contributed by atoms with E-state index in [2.05, 4.69) is 10.3 Å². The molecule has 0 spiro atoms. The summed E-state index contributed by atoms with van der Waals surface area (Å²) in [5, 5.41) is 4.44. The number of nitrogens with zero attached hydrogens (tertiary/aromatic N) is 2. The van der Waals surface area contributed by atoms with Gasteiger partial charge in [-0.15, -0.1) is 0 Å². The molecule has 3 rings (SSSR count). The van der Waals surface area contributed by atoms with Crippen LogP contribution in [-0.2, 0) is 9.59 Å². The normalized spacial score (nSPS) is 14.9. The van der Waals surface area contributed by atoms with Gasteiger partial charge in [0.25, 0.3) is 0 Å². The molecule has 0 atom stereocenters. The Balaban J connectivity index is 1.80. The van der Waals surface area contributed by atoms with Crippen molar-refractivity contribution >= 4 is 28.4 Å². The van der Waals surface area contributed by atoms with Crippen LogP contribution in [0.5, 0.6) is 0 Å². The van der Waals surface area contributed by atoms with Gasteiger partial charge in [0.05, 0.1) is 5.52 Å². The highest BCUT2D eigenvalue weighted by Crippen LogP contribution is 2.27. The maximum atomic E-state index is 11.6. The molecular formula is C17H19N3O2. The summed E-state index contributed by atoms with van der Waals surface area (Å²) in [6.07, 6.45) is 0.685. The monoisotopic (exact) mass is 297 g/mol. The summed E-state index contributed by atoms with van der Waals surface area (Å²) in [4.78, 5) is 29.2. The Morgan fingerprint density at radius 2 is 1.82 bits per heavy atom. The highest BCUT2D eigenvalue weighted by atomic mass is 16.2. The molecule has 5 heteroatoms. The van der Waals surface area contributed by atoms with Gasteiger partial charge in [-0.05, 0) is 25.5 Å². The summed E-state index contributed by atoms with van der Waals surface area (Å²) in [5.41, 5.74) is 4.05. The molecule has 114 valence electrons. The third kappa shape index (κ3) is 2.54. The predicted octanol–water partition coefficient (Wildman–Crippen LogP) is 2.41. The predicted molar refractivity (Wildman–Crippen MR) is 85.7 cm³/mol. The van der Waals surface area contributed by atoms with Crippen LogP contribution in [0.25, 0.3) is 10.9 Å². The van der Waals surface area contributed by atoms with Crippen LogP contribution >= 0.6 is 0 Å². The van der Waals surface area contributed by atoms with Gasteiger partial charge in [0.1, 0.15) is 0 Å². The SMILES string of the molecule is Cc1nc2ccccc2c(NCCN2C(=O)CCC2=O)c1C. The van der Waals surface area contributed by atoms with Crippen LogP contribution in [0.1, 0.15) is 24.1 Å². The van der Waals surface area contributed by atoms with Gasteiger partial charge in [-0.25, -0.2) is 0 Å². The third-order valence-corrected chi connectivity index (χ3v) is 4.17. The van der Waals surface area contributed by atoms with Gasteiger partial charge < -0.3 is 5.32 Å². The van der Waals surface area contributed by atoms with Gasteiger partial charge in [-0.2, -0.15) is 0 Å². The van der Waals surface area contributed by atoms with E-state index in [1.165, 1.54) is 4.90 Å². The van der Waals surface area contributed by atoms with Crippen LogP contribution in [0, 0.1) is 13.8 Å². The van der Waals surface area contributed by atoms with Gasteiger partial charge >= 0.3 is 0 Å². The number of fused-ring (bicyclic) bond motifs is 1. The van der Waals surface area contributed by atoms with Crippen molar-refractivity contribution in [2.75, 3.05) is 18.4 Å². The van der Waals surface area contributed by atoms with Crippen LogP contribution in [0.4, 0.5) is 5.69 Å². The number of imide groups is 1. The lowest BCUT2D eigenvalue weighted by Gasteiger charge is -2.17. The lowest BCUT2D eigenvalue weighted by atomic mass is 10.1. The molecule has 1 fully saturated rings. The minimum absolute atomic E-state index is 0.0701. The summed E-state index contributed by atoms with van der Waals surface area (Å²) >= 11 is 0. The number of aromatic nitrogens is 1. The van der Waals surface area contributed by atoms with Crippen molar-refractivity contribution in [1.82, 2.24) is 9.88 Å². The molecule has 0 aliphatic carbocycles. The molecule has 1 saturated heterocycles. The van der Waals surface area contributed by atoms with E-state index < -0.39 is 0 Å². The number of hydrogen-bond donors (Lipinski definition) is 1. The van der Waals surface area contributed by atoms with Crippen LogP contribution in [-0.4, -0.2) is 34.8 Å². The Hall–Kier alpha value is -2.43. The number of amides is 2. The first-order valence-corrected chi connectivity index (χ1v) is 7.51. The fourth-order valence-corrected chi connectivity index (χ4v) is 2.82. The van der Waals surface area contributed by atoms with E-state index in [-0.39, 0.29) is 11.8 Å². The molecule has 1 N–H and O–H groups in total. The van der Waals surface area contributed by atoms with E-state index in [9.17, 15) is 9.59 Å². The molecule has 0 radical (unpaired) electrons. The minimum atomic E-state index is -0.0701. The maximum absolute atomic E-state index is 11.6. The standard InChI is InChI=1S/C17H19N3O2/c1-11-12(2)19-14-6-4-3-5-13(14)17(11)18-9-10-20-15(21)7-8-16(20)22/h3-6H,7-10H2,1-2H3,(H,18,19). The number of carbonyl (C=O) groups excluding carboxylic acids is 2. The summed E-state index contributed by atoms with van der Waals surface area (Å²) in [6.45, 7) is 4.97. The highest BCUT2D eigenvalue weighted by molar-refractivity contribution is 6.02. The van der Waals surface area contributed by atoms with Crippen molar-refractivity contribution in [3.63, 3.8) is 0 Å². The van der Waals surface area contributed by atoms with E-state index >= 15 is 0 Å². The van der Waals surface area contributed by atoms with E-state index in [1.54, 1.807) is 0 Å². The number of benzene rings is 1. The minimum Gasteiger partial charge on any atom is -0.382 e. The molecule has 0 unspecified atom stereocenters. The van der Waals surface area contributed by atoms with E-state index in [0.29, 0.717) is 25.9 Å². The Kier molecular flexibility index (Phi) is 3.79. The molecule has 1 aromatic carbocycles. The first kappa shape index (κ1) is 14.5. The molecule has 0 saturated carbocycles. The molecule has 2 heterocycles. The molecule has 1 aliphatic heterocycles. The number of hydrogen-bond acceptors (Lipinski definition) is 4. The lowest BCUT2D eigenvalue weighted by Crippen LogP contribution is -2.33. The fraction of sp³-hybridized carbons (Fsp3) is 0.353. The molecule has 22 heavy (non-hydrogen) atoms. The molecule has 2 aromatic rings. The van der Waals surface area contributed by atoms with Gasteiger partial charge in [0.15, 0.2) is 0 Å². The van der Waals surface area contributed by atoms with Crippen LogP contribution in [0.2, 0.25) is 0 Å². The lowest BCUT2D eigenvalue weighted by molar-refractivity contribution is -0.138. The number of likely N-dealkylation sites (tertiary alicyclic amines) is 1. The highest BCUT2D eigenvalue weighted by Gasteiger charge is 2.28. The van der Waals surface area contributed by atoms with Crippen molar-refractivity contribution in [2.24, 2.45) is 0 Å². The van der Waals surface area contributed by atoms with E-state index in [0.717, 1.165) is 27.8 Å². The second kappa shape index (κ2) is 5.75. The van der Waals surface area contributed by atoms with Gasteiger partial charge in [-0.1, -0.05) is 18.2 Å². The Morgan fingerprint density at radius 3 is 2.55 bits per heavy atom. The quantitative estimate of drug-likeness (QED) is 0.880. The molecule has 1 aromatic heterocycles. The summed E-state index contributed by atoms with van der Waals surface area (Å²) in [7, 11) is 0. The smallest absolute Gasteiger partial charge is 0.229 e. The zero-order valence-corrected chi connectivity index (χ0v) is 12.8. The zero-order valence-electron chi connectivity index (χ0n) is 12.8. The summed E-state index contributed by atoms with van der Waals surface area (Å²) < 4.78 is 0. The topological polar surface area (TPSA) is 62.3 Å². The third-order valence-electron chi connectivity index (χ3n) is 4.17. The molecular weight excluding hydrogens is 278 g/mol. The molecule has 0 bridgehead atoms. The van der Waals surface area contributed by atoms with Crippen LogP contribution in [0.3, 0.4) is 0 Å². The largest absolute Gasteiger partial charge is 0.382 e. The van der Waals surface area contributed by atoms with Crippen molar-refractivity contribution in [2.45, 2.75) is 26.7 Å². The average molecular weight is 297 g/mol. The van der Waals surface area contributed by atoms with E-state index in [4.69, 9.17) is 0 Å². The van der Waals surface area contributed by atoms with Crippen LogP contribution in [0.15, 0.2) is 24.3 Å². The number of rotatable bonds is 4. The first-order chi connectivity index (χ1) is 10.6.